The molecule has 1 aliphatic heterocycles. The second-order valence-electron chi connectivity index (χ2n) is 5.30. The minimum Gasteiger partial charge on any atom is -0.425 e. The number of rotatable bonds is 0. The van der Waals surface area contributed by atoms with Crippen LogP contribution in [0.25, 0.3) is 0 Å². The monoisotopic (exact) mass is 248 g/mol. The maximum Gasteiger partial charge on any atom is 0.336 e. The van der Waals surface area contributed by atoms with Crippen LogP contribution in [-0.2, 0) is 9.53 Å². The van der Waals surface area contributed by atoms with Gasteiger partial charge in [0.1, 0.15) is 0 Å². The normalized spacial score (nSPS) is 35.2. The van der Waals surface area contributed by atoms with E-state index in [1.54, 1.807) is 6.92 Å². The van der Waals surface area contributed by atoms with Gasteiger partial charge in [-0.2, -0.15) is 0 Å². The Morgan fingerprint density at radius 2 is 1.94 bits per heavy atom. The van der Waals surface area contributed by atoms with Crippen molar-refractivity contribution in [2.24, 2.45) is 0 Å². The van der Waals surface area contributed by atoms with E-state index in [0.717, 1.165) is 18.4 Å². The SMILES string of the molecule is CC1=C2C/C=C(\C)CC/C=C(\C)CC2(O)OC1=O. The van der Waals surface area contributed by atoms with E-state index < -0.39 is 11.8 Å². The molecule has 3 heteroatoms. The molecule has 0 aromatic rings. The highest BCUT2D eigenvalue weighted by Crippen LogP contribution is 2.38. The van der Waals surface area contributed by atoms with E-state index >= 15 is 0 Å². The number of aliphatic hydroxyl groups is 1. The average molecular weight is 248 g/mol. The van der Waals surface area contributed by atoms with Gasteiger partial charge in [-0.1, -0.05) is 23.3 Å². The molecule has 2 rings (SSSR count). The number of hydrogen-bond acceptors (Lipinski definition) is 3. The number of allylic oxidation sites excluding steroid dienone is 3. The van der Waals surface area contributed by atoms with Crippen molar-refractivity contribution < 1.29 is 14.6 Å². The van der Waals surface area contributed by atoms with Crippen molar-refractivity contribution in [3.05, 3.63) is 34.4 Å². The summed E-state index contributed by atoms with van der Waals surface area (Å²) in [6.07, 6.45) is 7.15. The molecule has 2 aliphatic rings. The summed E-state index contributed by atoms with van der Waals surface area (Å²) in [4.78, 5) is 11.6. The Morgan fingerprint density at radius 3 is 2.67 bits per heavy atom. The predicted molar refractivity (Wildman–Crippen MR) is 69.7 cm³/mol. The topological polar surface area (TPSA) is 46.5 Å². The fraction of sp³-hybridized carbons (Fsp3) is 0.533. The largest absolute Gasteiger partial charge is 0.425 e. The number of carbonyl (C=O) groups excluding carboxylic acids is 1. The van der Waals surface area contributed by atoms with Crippen molar-refractivity contribution in [2.45, 2.75) is 52.2 Å². The van der Waals surface area contributed by atoms with Crippen LogP contribution in [0.3, 0.4) is 0 Å². The number of fused-ring (bicyclic) bond motifs is 1. The molecule has 0 saturated heterocycles. The molecule has 0 aromatic heterocycles. The van der Waals surface area contributed by atoms with Gasteiger partial charge in [0.25, 0.3) is 0 Å². The predicted octanol–water partition coefficient (Wildman–Crippen LogP) is 3.01. The zero-order valence-electron chi connectivity index (χ0n) is 11.2. The lowest BCUT2D eigenvalue weighted by atomic mass is 9.91. The van der Waals surface area contributed by atoms with Gasteiger partial charge >= 0.3 is 5.97 Å². The molecule has 0 amide bonds. The average Bonchev–Trinajstić information content (AvgIpc) is 2.47. The lowest BCUT2D eigenvalue weighted by Gasteiger charge is -2.25. The van der Waals surface area contributed by atoms with Gasteiger partial charge < -0.3 is 9.84 Å². The summed E-state index contributed by atoms with van der Waals surface area (Å²) in [5, 5.41) is 10.6. The minimum atomic E-state index is -1.43. The Balaban J connectivity index is 2.41. The fourth-order valence-electron chi connectivity index (χ4n) is 2.54. The van der Waals surface area contributed by atoms with Crippen LogP contribution in [0.1, 0.15) is 46.5 Å². The first-order valence-corrected chi connectivity index (χ1v) is 6.39. The fourth-order valence-corrected chi connectivity index (χ4v) is 2.54. The van der Waals surface area contributed by atoms with Crippen molar-refractivity contribution in [1.29, 1.82) is 0 Å². The van der Waals surface area contributed by atoms with Crippen LogP contribution in [-0.4, -0.2) is 16.9 Å². The smallest absolute Gasteiger partial charge is 0.336 e. The van der Waals surface area contributed by atoms with Crippen LogP contribution in [0, 0.1) is 0 Å². The van der Waals surface area contributed by atoms with Crippen molar-refractivity contribution in [3.8, 4) is 0 Å². The number of ether oxygens (including phenoxy) is 1. The summed E-state index contributed by atoms with van der Waals surface area (Å²) in [5.41, 5.74) is 3.60. The summed E-state index contributed by atoms with van der Waals surface area (Å²) in [6.45, 7) is 5.78. The van der Waals surface area contributed by atoms with Gasteiger partial charge in [-0.25, -0.2) is 4.79 Å². The second kappa shape index (κ2) is 4.73. The summed E-state index contributed by atoms with van der Waals surface area (Å²) >= 11 is 0. The lowest BCUT2D eigenvalue weighted by molar-refractivity contribution is -0.181. The van der Waals surface area contributed by atoms with Gasteiger partial charge in [-0.15, -0.1) is 0 Å². The van der Waals surface area contributed by atoms with Gasteiger partial charge in [-0.3, -0.25) is 0 Å². The first-order valence-electron chi connectivity index (χ1n) is 6.39. The Hall–Kier alpha value is -1.35. The van der Waals surface area contributed by atoms with Crippen LogP contribution >= 0.6 is 0 Å². The molecule has 0 aromatic carbocycles. The Kier molecular flexibility index (Phi) is 3.44. The molecule has 1 atom stereocenters. The number of hydrogen-bond donors (Lipinski definition) is 1. The van der Waals surface area contributed by atoms with E-state index in [9.17, 15) is 9.90 Å². The Bertz CT molecular complexity index is 468. The van der Waals surface area contributed by atoms with Crippen LogP contribution in [0.15, 0.2) is 34.4 Å². The third kappa shape index (κ3) is 2.41. The highest BCUT2D eigenvalue weighted by Gasteiger charge is 2.44. The molecule has 0 saturated carbocycles. The molecule has 1 N–H and O–H groups in total. The highest BCUT2D eigenvalue weighted by atomic mass is 16.7. The minimum absolute atomic E-state index is 0.373. The number of esters is 1. The Morgan fingerprint density at radius 1 is 1.22 bits per heavy atom. The maximum atomic E-state index is 11.6. The van der Waals surface area contributed by atoms with E-state index in [1.807, 2.05) is 6.92 Å². The molecule has 1 unspecified atom stereocenters. The molecule has 0 spiro atoms. The molecule has 98 valence electrons. The van der Waals surface area contributed by atoms with Gasteiger partial charge in [-0.05, 0) is 40.0 Å². The van der Waals surface area contributed by atoms with E-state index in [-0.39, 0.29) is 0 Å². The summed E-state index contributed by atoms with van der Waals surface area (Å²) in [5.74, 6) is -1.83. The summed E-state index contributed by atoms with van der Waals surface area (Å²) in [6, 6.07) is 0. The summed E-state index contributed by atoms with van der Waals surface area (Å²) < 4.78 is 5.18. The zero-order chi connectivity index (χ0) is 13.3. The first kappa shape index (κ1) is 13.1. The van der Waals surface area contributed by atoms with E-state index in [4.69, 9.17) is 4.74 Å². The van der Waals surface area contributed by atoms with Gasteiger partial charge in [0.15, 0.2) is 0 Å². The molecule has 0 radical (unpaired) electrons. The van der Waals surface area contributed by atoms with Crippen LogP contribution in [0.4, 0.5) is 0 Å². The zero-order valence-corrected chi connectivity index (χ0v) is 11.2. The molecule has 3 nitrogen and oxygen atoms in total. The standard InChI is InChI=1S/C15H20O3/c1-10-5-4-6-11(2)9-15(17)13(8-7-10)12(3)14(16)18-15/h6-7,17H,4-5,8-9H2,1-3H3/b10-7+,11-6+. The van der Waals surface area contributed by atoms with Crippen molar-refractivity contribution >= 4 is 5.97 Å². The molecule has 1 aliphatic carbocycles. The first-order chi connectivity index (χ1) is 8.42. The van der Waals surface area contributed by atoms with Crippen molar-refractivity contribution in [2.75, 3.05) is 0 Å². The van der Waals surface area contributed by atoms with E-state index in [1.165, 1.54) is 5.57 Å². The molecular weight excluding hydrogens is 228 g/mol. The van der Waals surface area contributed by atoms with Crippen molar-refractivity contribution in [1.82, 2.24) is 0 Å². The Labute approximate surface area is 108 Å². The lowest BCUT2D eigenvalue weighted by Crippen LogP contribution is -2.32. The van der Waals surface area contributed by atoms with Crippen LogP contribution in [0.2, 0.25) is 0 Å². The molecule has 1 heterocycles. The van der Waals surface area contributed by atoms with Crippen LogP contribution < -0.4 is 0 Å². The molecule has 0 bridgehead atoms. The molecule has 18 heavy (non-hydrogen) atoms. The van der Waals surface area contributed by atoms with Crippen LogP contribution in [0.5, 0.6) is 0 Å². The van der Waals surface area contributed by atoms with Crippen molar-refractivity contribution in [3.63, 3.8) is 0 Å². The van der Waals surface area contributed by atoms with Gasteiger partial charge in [0.2, 0.25) is 5.79 Å². The summed E-state index contributed by atoms with van der Waals surface area (Å²) in [7, 11) is 0. The molecule has 0 fully saturated rings. The van der Waals surface area contributed by atoms with Gasteiger partial charge in [0.05, 0.1) is 0 Å². The van der Waals surface area contributed by atoms with E-state index in [0.29, 0.717) is 24.0 Å². The maximum absolute atomic E-state index is 11.6. The van der Waals surface area contributed by atoms with E-state index in [2.05, 4.69) is 19.1 Å². The number of carbonyl (C=O) groups is 1. The quantitative estimate of drug-likeness (QED) is 0.529. The van der Waals surface area contributed by atoms with Gasteiger partial charge in [0, 0.05) is 17.6 Å². The second-order valence-corrected chi connectivity index (χ2v) is 5.30. The third-order valence-electron chi connectivity index (χ3n) is 3.70. The third-order valence-corrected chi connectivity index (χ3v) is 3.70. The highest BCUT2D eigenvalue weighted by molar-refractivity contribution is 5.92. The molecular formula is C15H20O3.